The van der Waals surface area contributed by atoms with Crippen LogP contribution in [0.3, 0.4) is 0 Å². The molecule has 1 aliphatic heterocycles. The third kappa shape index (κ3) is 1.06. The van der Waals surface area contributed by atoms with Gasteiger partial charge in [-0.15, -0.1) is 0 Å². The predicted molar refractivity (Wildman–Crippen MR) is 31.5 cm³/mol. The number of halogens is 1. The van der Waals surface area contributed by atoms with Gasteiger partial charge >= 0.3 is 0 Å². The standard InChI is InChI=1S/C3H6INO/c4-5-1-2-6-3-5/h1-3H2. The van der Waals surface area contributed by atoms with Crippen molar-refractivity contribution >= 4 is 22.9 Å². The summed E-state index contributed by atoms with van der Waals surface area (Å²) in [6.45, 7) is 2.80. The second-order valence-electron chi connectivity index (χ2n) is 1.22. The number of ether oxygens (including phenoxy) is 1. The van der Waals surface area contributed by atoms with Crippen LogP contribution in [0.1, 0.15) is 0 Å². The van der Waals surface area contributed by atoms with Gasteiger partial charge in [-0.05, 0) is 0 Å². The van der Waals surface area contributed by atoms with E-state index in [2.05, 4.69) is 26.0 Å². The van der Waals surface area contributed by atoms with Crippen molar-refractivity contribution in [1.82, 2.24) is 3.11 Å². The molecule has 0 aromatic heterocycles. The molecule has 1 aliphatic rings. The van der Waals surface area contributed by atoms with Gasteiger partial charge in [-0.1, -0.05) is 0 Å². The van der Waals surface area contributed by atoms with Crippen molar-refractivity contribution in [3.8, 4) is 0 Å². The zero-order valence-corrected chi connectivity index (χ0v) is 5.51. The van der Waals surface area contributed by atoms with E-state index in [1.165, 1.54) is 0 Å². The molecule has 0 bridgehead atoms. The minimum atomic E-state index is 0.806. The zero-order valence-electron chi connectivity index (χ0n) is 3.35. The molecule has 0 atom stereocenters. The van der Waals surface area contributed by atoms with Crippen molar-refractivity contribution < 1.29 is 4.74 Å². The molecule has 0 radical (unpaired) electrons. The molecule has 1 saturated heterocycles. The van der Waals surface area contributed by atoms with Crippen LogP contribution in [0.4, 0.5) is 0 Å². The van der Waals surface area contributed by atoms with E-state index in [9.17, 15) is 0 Å². The lowest BCUT2D eigenvalue weighted by atomic mass is 10.7. The topological polar surface area (TPSA) is 12.5 Å². The van der Waals surface area contributed by atoms with Gasteiger partial charge in [-0.25, -0.2) is 3.11 Å². The quantitative estimate of drug-likeness (QED) is 0.419. The molecule has 1 heterocycles. The van der Waals surface area contributed by atoms with E-state index in [4.69, 9.17) is 4.74 Å². The fraction of sp³-hybridized carbons (Fsp3) is 1.00. The maximum absolute atomic E-state index is 4.98. The average molecular weight is 199 g/mol. The summed E-state index contributed by atoms with van der Waals surface area (Å²) in [4.78, 5) is 0. The summed E-state index contributed by atoms with van der Waals surface area (Å²) in [7, 11) is 0. The lowest BCUT2D eigenvalue weighted by molar-refractivity contribution is 0.180. The van der Waals surface area contributed by atoms with E-state index >= 15 is 0 Å². The molecule has 0 unspecified atom stereocenters. The lowest BCUT2D eigenvalue weighted by Gasteiger charge is -1.94. The first kappa shape index (κ1) is 4.80. The van der Waals surface area contributed by atoms with Crippen molar-refractivity contribution in [1.29, 1.82) is 0 Å². The van der Waals surface area contributed by atoms with Crippen LogP contribution in [0, 0.1) is 0 Å². The number of hydrogen-bond acceptors (Lipinski definition) is 2. The summed E-state index contributed by atoms with van der Waals surface area (Å²) >= 11 is 2.24. The highest BCUT2D eigenvalue weighted by Crippen LogP contribution is 2.03. The molecule has 2 nitrogen and oxygen atoms in total. The van der Waals surface area contributed by atoms with Crippen molar-refractivity contribution in [3.63, 3.8) is 0 Å². The highest BCUT2D eigenvalue weighted by Gasteiger charge is 2.05. The largest absolute Gasteiger partial charge is 0.364 e. The second kappa shape index (κ2) is 2.09. The van der Waals surface area contributed by atoms with Crippen LogP contribution >= 0.6 is 22.9 Å². The molecule has 0 N–H and O–H groups in total. The first-order chi connectivity index (χ1) is 2.89. The third-order valence-electron chi connectivity index (χ3n) is 0.710. The average Bonchev–Trinajstić information content (AvgIpc) is 1.86. The second-order valence-corrected chi connectivity index (χ2v) is 2.59. The Hall–Kier alpha value is 0.650. The molecule has 3 heteroatoms. The van der Waals surface area contributed by atoms with Crippen LogP contribution < -0.4 is 0 Å². The summed E-state index contributed by atoms with van der Waals surface area (Å²) in [5.41, 5.74) is 0. The molecular weight excluding hydrogens is 193 g/mol. The van der Waals surface area contributed by atoms with Crippen LogP contribution in [-0.2, 0) is 4.74 Å². The normalized spacial score (nSPS) is 25.5. The summed E-state index contributed by atoms with van der Waals surface area (Å²) in [5.74, 6) is 0. The van der Waals surface area contributed by atoms with Crippen LogP contribution in [0.5, 0.6) is 0 Å². The lowest BCUT2D eigenvalue weighted by Crippen LogP contribution is -2.02. The highest BCUT2D eigenvalue weighted by molar-refractivity contribution is 14.1. The Bertz CT molecular complexity index is 44.1. The summed E-state index contributed by atoms with van der Waals surface area (Å²) in [6.07, 6.45) is 0. The van der Waals surface area contributed by atoms with Gasteiger partial charge in [0.25, 0.3) is 0 Å². The number of hydrogen-bond donors (Lipinski definition) is 0. The Morgan fingerprint density at radius 3 is 2.67 bits per heavy atom. The Labute approximate surface area is 51.0 Å². The van der Waals surface area contributed by atoms with Gasteiger partial charge in [0.05, 0.1) is 6.61 Å². The minimum absolute atomic E-state index is 0.806. The van der Waals surface area contributed by atoms with Crippen LogP contribution in [0.15, 0.2) is 0 Å². The molecule has 0 spiro atoms. The maximum Gasteiger partial charge on any atom is 0.108 e. The van der Waals surface area contributed by atoms with Gasteiger partial charge in [0, 0.05) is 29.4 Å². The van der Waals surface area contributed by atoms with Crippen molar-refractivity contribution in [2.45, 2.75) is 0 Å². The van der Waals surface area contributed by atoms with Crippen molar-refractivity contribution in [3.05, 3.63) is 0 Å². The summed E-state index contributed by atoms with van der Waals surface area (Å²) in [6, 6.07) is 0. The molecule has 0 amide bonds. The molecule has 1 fully saturated rings. The van der Waals surface area contributed by atoms with Crippen molar-refractivity contribution in [2.24, 2.45) is 0 Å². The van der Waals surface area contributed by atoms with E-state index in [0.717, 1.165) is 19.9 Å². The molecule has 36 valence electrons. The molecular formula is C3H6INO. The summed E-state index contributed by atoms with van der Waals surface area (Å²) < 4.78 is 7.08. The van der Waals surface area contributed by atoms with Gasteiger partial charge in [0.2, 0.25) is 0 Å². The van der Waals surface area contributed by atoms with Crippen LogP contribution in [-0.4, -0.2) is 23.0 Å². The van der Waals surface area contributed by atoms with Gasteiger partial charge in [-0.2, -0.15) is 0 Å². The SMILES string of the molecule is IN1CCOC1. The molecule has 1 rings (SSSR count). The highest BCUT2D eigenvalue weighted by atomic mass is 127. The molecule has 0 saturated carbocycles. The minimum Gasteiger partial charge on any atom is -0.364 e. The molecule has 0 aliphatic carbocycles. The molecule has 0 aromatic rings. The van der Waals surface area contributed by atoms with Gasteiger partial charge in [0.15, 0.2) is 0 Å². The van der Waals surface area contributed by atoms with E-state index in [-0.39, 0.29) is 0 Å². The molecule has 6 heavy (non-hydrogen) atoms. The third-order valence-corrected chi connectivity index (χ3v) is 1.47. The number of nitrogens with zero attached hydrogens (tertiary/aromatic N) is 1. The zero-order chi connectivity index (χ0) is 4.41. The maximum atomic E-state index is 4.98. The Morgan fingerprint density at radius 1 is 1.67 bits per heavy atom. The Morgan fingerprint density at radius 2 is 2.50 bits per heavy atom. The fourth-order valence-electron chi connectivity index (χ4n) is 0.392. The van der Waals surface area contributed by atoms with Crippen LogP contribution in [0.2, 0.25) is 0 Å². The first-order valence-electron chi connectivity index (χ1n) is 1.88. The predicted octanol–water partition coefficient (Wildman–Crippen LogP) is 0.626. The van der Waals surface area contributed by atoms with Crippen LogP contribution in [0.25, 0.3) is 0 Å². The Balaban J connectivity index is 2.18. The number of rotatable bonds is 0. The van der Waals surface area contributed by atoms with E-state index in [0.29, 0.717) is 0 Å². The summed E-state index contributed by atoms with van der Waals surface area (Å²) in [5, 5.41) is 0. The Kier molecular flexibility index (Phi) is 1.67. The van der Waals surface area contributed by atoms with Crippen molar-refractivity contribution in [2.75, 3.05) is 19.9 Å². The van der Waals surface area contributed by atoms with Gasteiger partial charge in [-0.3, -0.25) is 0 Å². The van der Waals surface area contributed by atoms with E-state index in [1.54, 1.807) is 0 Å². The van der Waals surface area contributed by atoms with E-state index < -0.39 is 0 Å². The first-order valence-corrected chi connectivity index (χ1v) is 2.84. The monoisotopic (exact) mass is 199 g/mol. The smallest absolute Gasteiger partial charge is 0.108 e. The molecule has 0 aromatic carbocycles. The van der Waals surface area contributed by atoms with E-state index in [1.807, 2.05) is 0 Å². The van der Waals surface area contributed by atoms with Gasteiger partial charge < -0.3 is 4.74 Å². The fourth-order valence-corrected chi connectivity index (χ4v) is 0.786. The van der Waals surface area contributed by atoms with Gasteiger partial charge in [0.1, 0.15) is 6.73 Å².